The molecule has 2 saturated carbocycles. The highest BCUT2D eigenvalue weighted by molar-refractivity contribution is 5.99. The Hall–Kier alpha value is -4.41. The Morgan fingerprint density at radius 1 is 0.957 bits per heavy atom. The number of aromatic carboxylic acids is 1. The van der Waals surface area contributed by atoms with E-state index in [-0.39, 0.29) is 17.7 Å². The number of nitrogens with one attached hydrogen (secondary N) is 1. The second-order valence-electron chi connectivity index (χ2n) is 14.1. The lowest BCUT2D eigenvalue weighted by Crippen LogP contribution is -2.93. The summed E-state index contributed by atoms with van der Waals surface area (Å²) >= 11 is 0. The number of ether oxygens (including phenoxy) is 1. The van der Waals surface area contributed by atoms with Crippen molar-refractivity contribution < 1.29 is 34.4 Å². The summed E-state index contributed by atoms with van der Waals surface area (Å²) in [6.45, 7) is 3.37. The number of phenols is 1. The van der Waals surface area contributed by atoms with Crippen molar-refractivity contribution in [3.05, 3.63) is 89.5 Å². The fraction of sp³-hybridized carbons (Fsp3) is 0.432. The van der Waals surface area contributed by atoms with Crippen LogP contribution in [0.5, 0.6) is 11.5 Å². The number of carbonyl (C=O) groups excluding carboxylic acids is 2. The predicted octanol–water partition coefficient (Wildman–Crippen LogP) is 3.95. The highest BCUT2D eigenvalue weighted by Gasteiger charge is 2.84. The summed E-state index contributed by atoms with van der Waals surface area (Å²) < 4.78 is 6.59. The molecule has 2 amide bonds. The van der Waals surface area contributed by atoms with Gasteiger partial charge in [0.25, 0.3) is 0 Å². The summed E-state index contributed by atoms with van der Waals surface area (Å²) in [6.07, 6.45) is 4.14. The van der Waals surface area contributed by atoms with E-state index in [1.54, 1.807) is 53.4 Å². The molecule has 3 aliphatic carbocycles. The monoisotopic (exact) mass is 637 g/mol. The molecule has 47 heavy (non-hydrogen) atoms. The lowest BCUT2D eigenvalue weighted by Gasteiger charge is -2.76. The maximum Gasteiger partial charge on any atom is 0.335 e. The molecule has 10 heteroatoms. The number of carboxylic acids is 1. The third kappa shape index (κ3) is 4.13. The molecule has 4 bridgehead atoms. The van der Waals surface area contributed by atoms with Gasteiger partial charge in [0.1, 0.15) is 17.7 Å². The number of fused-ring (bicyclic) bond motifs is 2. The van der Waals surface area contributed by atoms with Crippen molar-refractivity contribution in [1.29, 1.82) is 0 Å². The van der Waals surface area contributed by atoms with E-state index < -0.39 is 40.6 Å². The molecule has 5 fully saturated rings. The first-order valence-electron chi connectivity index (χ1n) is 16.5. The van der Waals surface area contributed by atoms with Crippen molar-refractivity contribution in [3.63, 3.8) is 0 Å². The maximum atomic E-state index is 14.1. The summed E-state index contributed by atoms with van der Waals surface area (Å²) in [6, 6.07) is 20.1. The predicted molar refractivity (Wildman–Crippen MR) is 172 cm³/mol. The van der Waals surface area contributed by atoms with Crippen molar-refractivity contribution in [1.82, 2.24) is 9.80 Å². The zero-order valence-electron chi connectivity index (χ0n) is 26.3. The van der Waals surface area contributed by atoms with Gasteiger partial charge in [-0.25, -0.2) is 4.79 Å². The standard InChI is InChI=1S/C30H33N3O5.C7H6O2/c1-17(34)33-25(26(36)31-20-5-3-2-4-6-20)29(37)11-12-30(33)22-15-19-9-10-21(35)24-23(19)28(30,27(29)38-24)13-14-32(22)16-18-7-8-18;8-7(9)6-4-2-1-3-5-6/h2-6,9-10,18,22,25,27,35,37H,7-8,11-16H2,1H3,(H,31,36);1-5H,(H,8,9)/t22-,25+,27-,28+,29-,30-;/m1./s1. The van der Waals surface area contributed by atoms with Crippen molar-refractivity contribution >= 4 is 23.5 Å². The van der Waals surface area contributed by atoms with Crippen LogP contribution in [0.3, 0.4) is 0 Å². The van der Waals surface area contributed by atoms with Gasteiger partial charge in [-0.3, -0.25) is 14.5 Å². The SMILES string of the molecule is CC(=O)N1[C@@H](C(=O)Nc2ccccc2)[C@]2(O)CC[C@]13[C@H]1Cc4ccc(O)c5c4[C@@]3(CCN1CC1CC1)[C@H]2O5.O=C(O)c1ccccc1. The summed E-state index contributed by atoms with van der Waals surface area (Å²) in [5, 5.41) is 34.9. The van der Waals surface area contributed by atoms with Crippen molar-refractivity contribution in [3.8, 4) is 11.5 Å². The molecular weight excluding hydrogens is 598 g/mol. The summed E-state index contributed by atoms with van der Waals surface area (Å²) in [5.41, 5.74) is 0.0335. The number of hydrogen-bond donors (Lipinski definition) is 4. The van der Waals surface area contributed by atoms with E-state index in [0.29, 0.717) is 42.2 Å². The molecule has 3 aromatic carbocycles. The second kappa shape index (κ2) is 10.6. The summed E-state index contributed by atoms with van der Waals surface area (Å²) in [7, 11) is 0. The van der Waals surface area contributed by atoms with Crippen molar-refractivity contribution in [2.45, 2.75) is 80.2 Å². The van der Waals surface area contributed by atoms with Gasteiger partial charge >= 0.3 is 5.97 Å². The Morgan fingerprint density at radius 2 is 1.66 bits per heavy atom. The number of aromatic hydroxyl groups is 1. The van der Waals surface area contributed by atoms with Crippen LogP contribution < -0.4 is 10.1 Å². The number of carbonyl (C=O) groups is 3. The van der Waals surface area contributed by atoms with Crippen LogP contribution in [-0.2, 0) is 21.4 Å². The Labute approximate surface area is 273 Å². The van der Waals surface area contributed by atoms with E-state index in [9.17, 15) is 24.6 Å². The summed E-state index contributed by atoms with van der Waals surface area (Å²) in [5.74, 6) is -0.313. The van der Waals surface area contributed by atoms with Gasteiger partial charge < -0.3 is 30.3 Å². The van der Waals surface area contributed by atoms with Gasteiger partial charge in [0, 0.05) is 30.8 Å². The third-order valence-electron chi connectivity index (χ3n) is 11.7. The van der Waals surface area contributed by atoms with Crippen LogP contribution in [0.15, 0.2) is 72.8 Å². The average Bonchev–Trinajstić information content (AvgIpc) is 3.81. The van der Waals surface area contributed by atoms with Crippen molar-refractivity contribution in [2.75, 3.05) is 18.4 Å². The zero-order valence-corrected chi connectivity index (χ0v) is 26.3. The fourth-order valence-electron chi connectivity index (χ4n) is 9.88. The molecule has 4 N–H and O–H groups in total. The van der Waals surface area contributed by atoms with Crippen molar-refractivity contribution in [2.24, 2.45) is 5.92 Å². The number of benzene rings is 3. The quantitative estimate of drug-likeness (QED) is 0.330. The van der Waals surface area contributed by atoms with Gasteiger partial charge in [-0.15, -0.1) is 0 Å². The molecule has 7 aliphatic rings. The number of carboxylic acid groups (broad SMARTS) is 1. The summed E-state index contributed by atoms with van der Waals surface area (Å²) in [4.78, 5) is 42.4. The normalized spacial score (nSPS) is 32.4. The van der Waals surface area contributed by atoms with E-state index in [1.165, 1.54) is 19.8 Å². The lowest BCUT2D eigenvalue weighted by atomic mass is 9.41. The Bertz CT molecular complexity index is 1760. The number of piperidine rings is 3. The first kappa shape index (κ1) is 30.0. The van der Waals surface area contributed by atoms with Gasteiger partial charge in [0.15, 0.2) is 11.5 Å². The largest absolute Gasteiger partial charge is 0.504 e. The van der Waals surface area contributed by atoms with E-state index in [2.05, 4.69) is 10.2 Å². The maximum absolute atomic E-state index is 14.1. The molecular formula is C37H39N3O7. The fourth-order valence-corrected chi connectivity index (χ4v) is 9.88. The highest BCUT2D eigenvalue weighted by atomic mass is 16.5. The van der Waals surface area contributed by atoms with Crippen LogP contribution in [0.2, 0.25) is 0 Å². The number of amides is 2. The average molecular weight is 638 g/mol. The number of anilines is 1. The van der Waals surface area contributed by atoms with E-state index in [1.807, 2.05) is 24.3 Å². The first-order chi connectivity index (χ1) is 22.6. The van der Waals surface area contributed by atoms with Crippen LogP contribution in [0, 0.1) is 5.92 Å². The van der Waals surface area contributed by atoms with E-state index in [4.69, 9.17) is 9.84 Å². The molecule has 4 aliphatic heterocycles. The van der Waals surface area contributed by atoms with Gasteiger partial charge in [-0.2, -0.15) is 0 Å². The van der Waals surface area contributed by atoms with E-state index in [0.717, 1.165) is 30.6 Å². The topological polar surface area (TPSA) is 140 Å². The minimum Gasteiger partial charge on any atom is -0.504 e. The first-order valence-corrected chi connectivity index (χ1v) is 16.5. The number of phenolic OH excluding ortho intramolecular Hbond substituents is 1. The molecule has 2 spiro atoms. The van der Waals surface area contributed by atoms with E-state index >= 15 is 0 Å². The lowest BCUT2D eigenvalue weighted by molar-refractivity contribution is -0.279. The van der Waals surface area contributed by atoms with Crippen LogP contribution in [0.1, 0.15) is 60.5 Å². The molecule has 10 nitrogen and oxygen atoms in total. The third-order valence-corrected chi connectivity index (χ3v) is 11.7. The molecule has 0 unspecified atom stereocenters. The van der Waals surface area contributed by atoms with Crippen LogP contribution in [0.4, 0.5) is 5.69 Å². The Morgan fingerprint density at radius 3 is 2.30 bits per heavy atom. The van der Waals surface area contributed by atoms with Gasteiger partial charge in [-0.1, -0.05) is 42.5 Å². The second-order valence-corrected chi connectivity index (χ2v) is 14.1. The molecule has 244 valence electrons. The highest BCUT2D eigenvalue weighted by Crippen LogP contribution is 2.72. The van der Waals surface area contributed by atoms with Crippen LogP contribution >= 0.6 is 0 Å². The number of aliphatic hydroxyl groups is 1. The Kier molecular flexibility index (Phi) is 6.72. The molecule has 3 saturated heterocycles. The number of rotatable bonds is 5. The number of likely N-dealkylation sites (tertiary alicyclic amines) is 1. The molecule has 4 heterocycles. The minimum atomic E-state index is -1.60. The molecule has 3 aromatic rings. The number of para-hydroxylation sites is 1. The van der Waals surface area contributed by atoms with Gasteiger partial charge in [-0.05, 0) is 86.9 Å². The molecule has 10 rings (SSSR count). The van der Waals surface area contributed by atoms with Crippen LogP contribution in [-0.4, -0.2) is 85.3 Å². The van der Waals surface area contributed by atoms with Gasteiger partial charge in [0.2, 0.25) is 11.8 Å². The molecule has 0 radical (unpaired) electrons. The Balaban J connectivity index is 0.000000314. The zero-order chi connectivity index (χ0) is 32.7. The van der Waals surface area contributed by atoms with Crippen LogP contribution in [0.25, 0.3) is 0 Å². The number of nitrogens with zero attached hydrogens (tertiary/aromatic N) is 2. The van der Waals surface area contributed by atoms with Gasteiger partial charge in [0.05, 0.1) is 16.5 Å². The number of hydrogen-bond acceptors (Lipinski definition) is 7. The molecule has 6 atom stereocenters. The molecule has 0 aromatic heterocycles. The minimum absolute atomic E-state index is 0.00622. The smallest absolute Gasteiger partial charge is 0.335 e.